The van der Waals surface area contributed by atoms with Crippen molar-refractivity contribution < 1.29 is 24.2 Å². The summed E-state index contributed by atoms with van der Waals surface area (Å²) < 4.78 is 5.05. The van der Waals surface area contributed by atoms with Crippen molar-refractivity contribution in [1.82, 2.24) is 0 Å². The lowest BCUT2D eigenvalue weighted by Crippen LogP contribution is -2.22. The van der Waals surface area contributed by atoms with Gasteiger partial charge in [0.05, 0.1) is 11.3 Å². The van der Waals surface area contributed by atoms with Crippen molar-refractivity contribution in [1.29, 1.82) is 0 Å². The van der Waals surface area contributed by atoms with Crippen LogP contribution < -0.4 is 5.32 Å². The Hall–Kier alpha value is -3.93. The molecular formula is C23H19NO5. The van der Waals surface area contributed by atoms with E-state index in [9.17, 15) is 19.5 Å². The zero-order valence-corrected chi connectivity index (χ0v) is 15.7. The highest BCUT2D eigenvalue weighted by molar-refractivity contribution is 6.04. The molecule has 0 saturated heterocycles. The number of carbonyl (C=O) groups excluding carboxylic acids is 3. The normalized spacial score (nSPS) is 10.2. The predicted octanol–water partition coefficient (Wildman–Crippen LogP) is 4.06. The maximum atomic E-state index is 12.2. The third-order valence-electron chi connectivity index (χ3n) is 4.24. The minimum Gasteiger partial charge on any atom is -0.508 e. The molecule has 0 heterocycles. The van der Waals surface area contributed by atoms with Crippen LogP contribution in [0.2, 0.25) is 0 Å². The number of rotatable bonds is 6. The number of hydrogen-bond donors (Lipinski definition) is 2. The Morgan fingerprint density at radius 2 is 1.45 bits per heavy atom. The van der Waals surface area contributed by atoms with Gasteiger partial charge >= 0.3 is 5.97 Å². The standard InChI is InChI=1S/C23H19NO5/c1-15(25)20-4-2-3-5-21(20)24-22(27)14-29-23(28)18-8-6-16(7-9-18)17-10-12-19(26)13-11-17/h2-13,26H,14H2,1H3,(H,24,27). The number of benzene rings is 3. The molecule has 0 aliphatic heterocycles. The lowest BCUT2D eigenvalue weighted by Gasteiger charge is -2.10. The van der Waals surface area contributed by atoms with Crippen LogP contribution in [-0.2, 0) is 9.53 Å². The van der Waals surface area contributed by atoms with E-state index in [4.69, 9.17) is 4.74 Å². The van der Waals surface area contributed by atoms with Crippen molar-refractivity contribution in [3.8, 4) is 16.9 Å². The van der Waals surface area contributed by atoms with Crippen LogP contribution in [0.3, 0.4) is 0 Å². The molecule has 29 heavy (non-hydrogen) atoms. The largest absolute Gasteiger partial charge is 0.508 e. The summed E-state index contributed by atoms with van der Waals surface area (Å²) in [5, 5.41) is 11.9. The average molecular weight is 389 g/mol. The number of phenolic OH excluding ortho intramolecular Hbond substituents is 1. The number of anilines is 1. The van der Waals surface area contributed by atoms with Crippen LogP contribution in [0.25, 0.3) is 11.1 Å². The van der Waals surface area contributed by atoms with Gasteiger partial charge in [0.2, 0.25) is 0 Å². The Morgan fingerprint density at radius 1 is 0.862 bits per heavy atom. The number of Topliss-reactive ketones (excluding diaryl/α,β-unsaturated/α-hetero) is 1. The van der Waals surface area contributed by atoms with Gasteiger partial charge in [0.15, 0.2) is 12.4 Å². The predicted molar refractivity (Wildman–Crippen MR) is 109 cm³/mol. The summed E-state index contributed by atoms with van der Waals surface area (Å²) in [5.41, 5.74) is 2.84. The van der Waals surface area contributed by atoms with Crippen LogP contribution in [0, 0.1) is 0 Å². The first kappa shape index (κ1) is 19.8. The second kappa shape index (κ2) is 8.84. The number of ether oxygens (including phenoxy) is 1. The minimum atomic E-state index is -0.628. The monoisotopic (exact) mass is 389 g/mol. The molecule has 3 rings (SSSR count). The van der Waals surface area contributed by atoms with E-state index in [0.29, 0.717) is 16.8 Å². The van der Waals surface area contributed by atoms with Crippen molar-refractivity contribution in [2.24, 2.45) is 0 Å². The number of ketones is 1. The molecule has 3 aromatic carbocycles. The van der Waals surface area contributed by atoms with Crippen molar-refractivity contribution in [2.75, 3.05) is 11.9 Å². The molecule has 0 bridgehead atoms. The van der Waals surface area contributed by atoms with Gasteiger partial charge in [-0.3, -0.25) is 9.59 Å². The van der Waals surface area contributed by atoms with E-state index < -0.39 is 18.5 Å². The molecule has 0 fully saturated rings. The van der Waals surface area contributed by atoms with Crippen molar-refractivity contribution >= 4 is 23.3 Å². The maximum Gasteiger partial charge on any atom is 0.338 e. The van der Waals surface area contributed by atoms with Crippen LogP contribution in [0.15, 0.2) is 72.8 Å². The molecule has 6 heteroatoms. The zero-order valence-electron chi connectivity index (χ0n) is 15.7. The molecule has 0 aliphatic carbocycles. The summed E-state index contributed by atoms with van der Waals surface area (Å²) >= 11 is 0. The molecule has 146 valence electrons. The summed E-state index contributed by atoms with van der Waals surface area (Å²) in [6.07, 6.45) is 0. The van der Waals surface area contributed by atoms with Gasteiger partial charge in [-0.2, -0.15) is 0 Å². The smallest absolute Gasteiger partial charge is 0.338 e. The number of hydrogen-bond acceptors (Lipinski definition) is 5. The van der Waals surface area contributed by atoms with Gasteiger partial charge in [-0.25, -0.2) is 4.79 Å². The Balaban J connectivity index is 1.58. The van der Waals surface area contributed by atoms with Crippen molar-refractivity contribution in [3.05, 3.63) is 83.9 Å². The van der Waals surface area contributed by atoms with Crippen molar-refractivity contribution in [3.63, 3.8) is 0 Å². The van der Waals surface area contributed by atoms with Gasteiger partial charge in [0, 0.05) is 5.56 Å². The van der Waals surface area contributed by atoms with E-state index >= 15 is 0 Å². The second-order valence-electron chi connectivity index (χ2n) is 6.35. The number of esters is 1. The third-order valence-corrected chi connectivity index (χ3v) is 4.24. The minimum absolute atomic E-state index is 0.174. The molecule has 1 amide bonds. The number of amides is 1. The number of phenols is 1. The molecule has 3 aromatic rings. The van der Waals surface area contributed by atoms with E-state index in [1.54, 1.807) is 72.8 Å². The summed E-state index contributed by atoms with van der Waals surface area (Å²) in [5.74, 6) is -1.16. The highest BCUT2D eigenvalue weighted by atomic mass is 16.5. The Kier molecular flexibility index (Phi) is 6.04. The number of carbonyl (C=O) groups is 3. The van der Waals surface area contributed by atoms with E-state index in [2.05, 4.69) is 5.32 Å². The number of nitrogens with one attached hydrogen (secondary N) is 1. The third kappa shape index (κ3) is 5.07. The van der Waals surface area contributed by atoms with E-state index in [-0.39, 0.29) is 11.5 Å². The molecule has 0 unspecified atom stereocenters. The molecule has 0 aliphatic rings. The Morgan fingerprint density at radius 3 is 2.07 bits per heavy atom. The van der Waals surface area contributed by atoms with Crippen LogP contribution >= 0.6 is 0 Å². The fourth-order valence-electron chi connectivity index (χ4n) is 2.75. The lowest BCUT2D eigenvalue weighted by molar-refractivity contribution is -0.119. The topological polar surface area (TPSA) is 92.7 Å². The van der Waals surface area contributed by atoms with E-state index in [1.807, 2.05) is 0 Å². The number of para-hydroxylation sites is 1. The summed E-state index contributed by atoms with van der Waals surface area (Å²) in [7, 11) is 0. The average Bonchev–Trinajstić information content (AvgIpc) is 2.73. The summed E-state index contributed by atoms with van der Waals surface area (Å²) in [6.45, 7) is 0.942. The molecule has 6 nitrogen and oxygen atoms in total. The number of aromatic hydroxyl groups is 1. The molecule has 0 saturated carbocycles. The Labute approximate surface area is 167 Å². The first-order valence-electron chi connectivity index (χ1n) is 8.90. The van der Waals surface area contributed by atoms with Gasteiger partial charge in [-0.05, 0) is 54.4 Å². The molecule has 2 N–H and O–H groups in total. The van der Waals surface area contributed by atoms with Gasteiger partial charge in [-0.1, -0.05) is 36.4 Å². The fourth-order valence-corrected chi connectivity index (χ4v) is 2.75. The lowest BCUT2D eigenvalue weighted by atomic mass is 10.0. The second-order valence-corrected chi connectivity index (χ2v) is 6.35. The van der Waals surface area contributed by atoms with Gasteiger partial charge < -0.3 is 15.2 Å². The Bertz CT molecular complexity index is 1040. The maximum absolute atomic E-state index is 12.2. The summed E-state index contributed by atoms with van der Waals surface area (Å²) in [6, 6.07) is 20.0. The highest BCUT2D eigenvalue weighted by Crippen LogP contribution is 2.22. The molecule has 0 spiro atoms. The molecule has 0 aromatic heterocycles. The van der Waals surface area contributed by atoms with Gasteiger partial charge in [0.25, 0.3) is 5.91 Å². The fraction of sp³-hybridized carbons (Fsp3) is 0.0870. The summed E-state index contributed by atoms with van der Waals surface area (Å²) in [4.78, 5) is 35.8. The SMILES string of the molecule is CC(=O)c1ccccc1NC(=O)COC(=O)c1ccc(-c2ccc(O)cc2)cc1. The first-order valence-corrected chi connectivity index (χ1v) is 8.90. The van der Waals surface area contributed by atoms with Crippen LogP contribution in [0.4, 0.5) is 5.69 Å². The zero-order chi connectivity index (χ0) is 20.8. The van der Waals surface area contributed by atoms with Crippen molar-refractivity contribution in [2.45, 2.75) is 6.92 Å². The molecule has 0 atom stereocenters. The van der Waals surface area contributed by atoms with Crippen LogP contribution in [0.1, 0.15) is 27.6 Å². The highest BCUT2D eigenvalue weighted by Gasteiger charge is 2.13. The molecule has 0 radical (unpaired) electrons. The molecular weight excluding hydrogens is 370 g/mol. The van der Waals surface area contributed by atoms with E-state index in [1.165, 1.54) is 6.92 Å². The van der Waals surface area contributed by atoms with E-state index in [0.717, 1.165) is 11.1 Å². The van der Waals surface area contributed by atoms with Crippen LogP contribution in [0.5, 0.6) is 5.75 Å². The van der Waals surface area contributed by atoms with Crippen LogP contribution in [-0.4, -0.2) is 29.4 Å². The quantitative estimate of drug-likeness (QED) is 0.490. The van der Waals surface area contributed by atoms with Gasteiger partial charge in [-0.15, -0.1) is 0 Å². The van der Waals surface area contributed by atoms with Gasteiger partial charge in [0.1, 0.15) is 5.75 Å². The first-order chi connectivity index (χ1) is 13.9.